The minimum absolute atomic E-state index is 0.00731. The maximum Gasteiger partial charge on any atom is 0.325 e. The highest BCUT2D eigenvalue weighted by Gasteiger charge is 2.44. The summed E-state index contributed by atoms with van der Waals surface area (Å²) >= 11 is 0. The van der Waals surface area contributed by atoms with Gasteiger partial charge in [-0.2, -0.15) is 0 Å². The zero-order valence-corrected chi connectivity index (χ0v) is 8.66. The molecule has 0 saturated carbocycles. The van der Waals surface area contributed by atoms with Crippen LogP contribution in [0.15, 0.2) is 15.8 Å². The van der Waals surface area contributed by atoms with E-state index in [9.17, 15) is 19.8 Å². The number of hydrogen-bond acceptors (Lipinski definition) is 6. The van der Waals surface area contributed by atoms with Gasteiger partial charge in [0.05, 0.1) is 12.2 Å². The minimum Gasteiger partial charge on any atom is -0.394 e. The number of ether oxygens (including phenoxy) is 1. The number of aromatic amines is 2. The lowest BCUT2D eigenvalue weighted by molar-refractivity contribution is -0.0232. The Labute approximate surface area is 94.5 Å². The van der Waals surface area contributed by atoms with Crippen LogP contribution in [0, 0.1) is 0 Å². The molecule has 2 heterocycles. The Morgan fingerprint density at radius 1 is 1.29 bits per heavy atom. The number of rotatable bonds is 2. The summed E-state index contributed by atoms with van der Waals surface area (Å²) in [6.45, 7) is -0.476. The molecule has 2 rings (SSSR count). The van der Waals surface area contributed by atoms with Gasteiger partial charge in [0.2, 0.25) is 0 Å². The zero-order chi connectivity index (χ0) is 12.6. The van der Waals surface area contributed by atoms with Crippen LogP contribution in [-0.4, -0.2) is 50.2 Å². The van der Waals surface area contributed by atoms with Crippen molar-refractivity contribution >= 4 is 0 Å². The van der Waals surface area contributed by atoms with Gasteiger partial charge in [0.25, 0.3) is 5.56 Å². The number of aliphatic hydroxyl groups is 3. The highest BCUT2D eigenvalue weighted by atomic mass is 16.6. The van der Waals surface area contributed by atoms with Crippen LogP contribution in [0.25, 0.3) is 0 Å². The van der Waals surface area contributed by atoms with E-state index in [1.54, 1.807) is 0 Å². The van der Waals surface area contributed by atoms with E-state index < -0.39 is 42.3 Å². The number of nitrogens with one attached hydrogen (secondary N) is 2. The quantitative estimate of drug-likeness (QED) is 0.382. The molecule has 0 bridgehead atoms. The number of aliphatic hydroxyl groups excluding tert-OH is 3. The van der Waals surface area contributed by atoms with E-state index in [-0.39, 0.29) is 5.56 Å². The molecule has 1 aromatic heterocycles. The van der Waals surface area contributed by atoms with E-state index in [0.717, 1.165) is 6.20 Å². The van der Waals surface area contributed by atoms with Crippen LogP contribution in [0.2, 0.25) is 0 Å². The molecule has 5 N–H and O–H groups in total. The van der Waals surface area contributed by atoms with Gasteiger partial charge in [-0.3, -0.25) is 9.78 Å². The molecule has 0 radical (unpaired) electrons. The minimum atomic E-state index is -1.33. The van der Waals surface area contributed by atoms with Crippen molar-refractivity contribution in [2.45, 2.75) is 24.4 Å². The molecule has 8 nitrogen and oxygen atoms in total. The molecule has 1 aliphatic rings. The van der Waals surface area contributed by atoms with Crippen LogP contribution in [0.4, 0.5) is 0 Å². The van der Waals surface area contributed by atoms with E-state index in [4.69, 9.17) is 9.84 Å². The van der Waals surface area contributed by atoms with Crippen molar-refractivity contribution in [3.63, 3.8) is 0 Å². The molecule has 1 aliphatic heterocycles. The maximum atomic E-state index is 11.5. The molecule has 0 unspecified atom stereocenters. The number of aromatic nitrogens is 2. The first-order valence-corrected chi connectivity index (χ1v) is 4.99. The molecule has 0 amide bonds. The van der Waals surface area contributed by atoms with Crippen molar-refractivity contribution in [2.75, 3.05) is 6.61 Å². The first-order valence-electron chi connectivity index (χ1n) is 4.99. The summed E-state index contributed by atoms with van der Waals surface area (Å²) in [7, 11) is 0. The number of hydrogen-bond donors (Lipinski definition) is 5. The van der Waals surface area contributed by atoms with Gasteiger partial charge in [0.1, 0.15) is 24.4 Å². The fourth-order valence-electron chi connectivity index (χ4n) is 1.79. The molecule has 1 aromatic rings. The first-order chi connectivity index (χ1) is 8.04. The van der Waals surface area contributed by atoms with Crippen LogP contribution in [-0.2, 0) is 4.74 Å². The van der Waals surface area contributed by atoms with Gasteiger partial charge in [-0.25, -0.2) is 4.79 Å². The molecule has 4 atom stereocenters. The molecule has 94 valence electrons. The summed E-state index contributed by atoms with van der Waals surface area (Å²) in [6.07, 6.45) is -3.54. The SMILES string of the molecule is O=c1[nH]cc([C@@H]2O[C@@H](CO)[C@@H](O)[C@H]2O)c(=O)[nH]1. The van der Waals surface area contributed by atoms with Crippen molar-refractivity contribution in [3.05, 3.63) is 32.6 Å². The van der Waals surface area contributed by atoms with E-state index in [1.165, 1.54) is 0 Å². The summed E-state index contributed by atoms with van der Waals surface area (Å²) < 4.78 is 5.15. The van der Waals surface area contributed by atoms with Gasteiger partial charge >= 0.3 is 5.69 Å². The Morgan fingerprint density at radius 3 is 2.53 bits per heavy atom. The van der Waals surface area contributed by atoms with E-state index in [0.29, 0.717) is 0 Å². The second-order valence-electron chi connectivity index (χ2n) is 3.79. The van der Waals surface area contributed by atoms with Crippen LogP contribution >= 0.6 is 0 Å². The average molecular weight is 244 g/mol. The van der Waals surface area contributed by atoms with Gasteiger partial charge < -0.3 is 25.0 Å². The molecule has 1 saturated heterocycles. The van der Waals surface area contributed by atoms with Crippen LogP contribution in [0.3, 0.4) is 0 Å². The molecule has 0 aromatic carbocycles. The van der Waals surface area contributed by atoms with Crippen molar-refractivity contribution in [1.82, 2.24) is 9.97 Å². The van der Waals surface area contributed by atoms with E-state index in [2.05, 4.69) is 4.98 Å². The lowest BCUT2D eigenvalue weighted by atomic mass is 10.0. The van der Waals surface area contributed by atoms with Gasteiger partial charge in [0.15, 0.2) is 0 Å². The maximum absolute atomic E-state index is 11.5. The second-order valence-corrected chi connectivity index (χ2v) is 3.79. The summed E-state index contributed by atoms with van der Waals surface area (Å²) in [5.41, 5.74) is -1.39. The van der Waals surface area contributed by atoms with Crippen molar-refractivity contribution in [2.24, 2.45) is 0 Å². The summed E-state index contributed by atoms with van der Waals surface area (Å²) in [4.78, 5) is 26.5. The van der Waals surface area contributed by atoms with Crippen molar-refractivity contribution in [1.29, 1.82) is 0 Å². The summed E-state index contributed by atoms with van der Waals surface area (Å²) in [5, 5.41) is 28.1. The molecule has 1 fully saturated rings. The fourth-order valence-corrected chi connectivity index (χ4v) is 1.79. The molecule has 0 aliphatic carbocycles. The van der Waals surface area contributed by atoms with Gasteiger partial charge in [-0.05, 0) is 0 Å². The Kier molecular flexibility index (Phi) is 3.11. The third-order valence-corrected chi connectivity index (χ3v) is 2.70. The third-order valence-electron chi connectivity index (χ3n) is 2.70. The molecular formula is C9H12N2O6. The summed E-state index contributed by atoms with van der Waals surface area (Å²) in [6, 6.07) is 0. The zero-order valence-electron chi connectivity index (χ0n) is 8.66. The second kappa shape index (κ2) is 4.41. The van der Waals surface area contributed by atoms with E-state index in [1.807, 2.05) is 4.98 Å². The topological polar surface area (TPSA) is 136 Å². The fraction of sp³-hybridized carbons (Fsp3) is 0.556. The third kappa shape index (κ3) is 2.03. The highest BCUT2D eigenvalue weighted by Crippen LogP contribution is 2.31. The lowest BCUT2D eigenvalue weighted by Gasteiger charge is -2.13. The van der Waals surface area contributed by atoms with Gasteiger partial charge in [-0.1, -0.05) is 0 Å². The Bertz CT molecular complexity index is 509. The average Bonchev–Trinajstić information content (AvgIpc) is 2.57. The van der Waals surface area contributed by atoms with Crippen molar-refractivity contribution < 1.29 is 20.1 Å². The van der Waals surface area contributed by atoms with Gasteiger partial charge in [-0.15, -0.1) is 0 Å². The van der Waals surface area contributed by atoms with Crippen LogP contribution in [0.1, 0.15) is 11.7 Å². The van der Waals surface area contributed by atoms with Crippen LogP contribution in [0.5, 0.6) is 0 Å². The lowest BCUT2D eigenvalue weighted by Crippen LogP contribution is -2.34. The first kappa shape index (κ1) is 12.0. The van der Waals surface area contributed by atoms with E-state index >= 15 is 0 Å². The Balaban J connectivity index is 2.35. The van der Waals surface area contributed by atoms with Crippen LogP contribution < -0.4 is 11.2 Å². The molecule has 17 heavy (non-hydrogen) atoms. The highest BCUT2D eigenvalue weighted by molar-refractivity contribution is 5.13. The molecule has 8 heteroatoms. The van der Waals surface area contributed by atoms with Crippen molar-refractivity contribution in [3.8, 4) is 0 Å². The Hall–Kier alpha value is -1.48. The molecule has 0 spiro atoms. The predicted octanol–water partition coefficient (Wildman–Crippen LogP) is -2.78. The smallest absolute Gasteiger partial charge is 0.325 e. The largest absolute Gasteiger partial charge is 0.394 e. The molecular weight excluding hydrogens is 232 g/mol. The summed E-state index contributed by atoms with van der Waals surface area (Å²) in [5.74, 6) is 0. The van der Waals surface area contributed by atoms with Gasteiger partial charge in [0, 0.05) is 6.20 Å². The number of H-pyrrole nitrogens is 2. The Morgan fingerprint density at radius 2 is 2.00 bits per heavy atom. The monoisotopic (exact) mass is 244 g/mol. The predicted molar refractivity (Wildman–Crippen MR) is 54.4 cm³/mol. The standard InChI is InChI=1S/C9H12N2O6/c12-2-4-5(13)6(14)7(17-4)3-1-10-9(16)11-8(3)15/h1,4-7,12-14H,2H2,(H2,10,11,15,16)/t4-,5+,6+,7-/m0/s1. The normalized spacial score (nSPS) is 32.9.